The maximum atomic E-state index is 11.6. The molecule has 0 aromatic heterocycles. The second-order valence-corrected chi connectivity index (χ2v) is 6.88. The molecular weight excluding hydrogens is 332 g/mol. The van der Waals surface area contributed by atoms with E-state index < -0.39 is 5.60 Å². The van der Waals surface area contributed by atoms with Crippen molar-refractivity contribution in [1.29, 1.82) is 0 Å². The van der Waals surface area contributed by atoms with Gasteiger partial charge in [-0.1, -0.05) is 97.1 Å². The Bertz CT molecular complexity index is 818. The molecule has 4 rings (SSSR count). The lowest BCUT2D eigenvalue weighted by Gasteiger charge is -2.36. The van der Waals surface area contributed by atoms with Crippen molar-refractivity contribution < 1.29 is 9.53 Å². The average Bonchev–Trinajstić information content (AvgIpc) is 3.16. The predicted molar refractivity (Wildman–Crippen MR) is 107 cm³/mol. The number of ether oxygens (including phenoxy) is 1. The van der Waals surface area contributed by atoms with E-state index in [9.17, 15) is 4.79 Å². The Labute approximate surface area is 160 Å². The maximum absolute atomic E-state index is 11.6. The number of carbonyl (C=O) groups is 1. The summed E-state index contributed by atoms with van der Waals surface area (Å²) in [4.78, 5) is 11.6. The standard InChI is InChI=1S/C25H22O2/c26-24-17-16-20(18-24)19-27-25(21-10-4-1-5-11-21,22-12-6-2-7-13-22)23-14-8-3-9-15-23/h1-17,20H,18-19H2/t20-/m1/s1. The molecule has 2 heteroatoms. The van der Waals surface area contributed by atoms with Crippen LogP contribution in [0.2, 0.25) is 0 Å². The molecule has 3 aromatic rings. The molecule has 0 spiro atoms. The van der Waals surface area contributed by atoms with E-state index in [0.717, 1.165) is 16.7 Å². The molecule has 0 fully saturated rings. The van der Waals surface area contributed by atoms with E-state index in [1.54, 1.807) is 6.08 Å². The molecule has 0 bridgehead atoms. The summed E-state index contributed by atoms with van der Waals surface area (Å²) >= 11 is 0. The second-order valence-electron chi connectivity index (χ2n) is 6.88. The quantitative estimate of drug-likeness (QED) is 0.573. The van der Waals surface area contributed by atoms with Gasteiger partial charge in [0.25, 0.3) is 0 Å². The van der Waals surface area contributed by atoms with Crippen LogP contribution < -0.4 is 0 Å². The van der Waals surface area contributed by atoms with Crippen molar-refractivity contribution >= 4 is 5.78 Å². The Kier molecular flexibility index (Phi) is 4.99. The predicted octanol–water partition coefficient (Wildman–Crippen LogP) is 5.14. The number of allylic oxidation sites excluding steroid dienone is 1. The topological polar surface area (TPSA) is 26.3 Å². The third-order valence-electron chi connectivity index (χ3n) is 5.07. The molecule has 134 valence electrons. The molecule has 0 aliphatic heterocycles. The molecule has 1 atom stereocenters. The zero-order valence-corrected chi connectivity index (χ0v) is 15.1. The smallest absolute Gasteiger partial charge is 0.156 e. The lowest BCUT2D eigenvalue weighted by atomic mass is 9.80. The van der Waals surface area contributed by atoms with Gasteiger partial charge < -0.3 is 4.74 Å². The molecule has 27 heavy (non-hydrogen) atoms. The van der Waals surface area contributed by atoms with Gasteiger partial charge in [-0.05, 0) is 22.8 Å². The first-order chi connectivity index (χ1) is 13.3. The summed E-state index contributed by atoms with van der Waals surface area (Å²) in [5.41, 5.74) is 2.52. The maximum Gasteiger partial charge on any atom is 0.156 e. The van der Waals surface area contributed by atoms with Crippen LogP contribution in [0.15, 0.2) is 103 Å². The van der Waals surface area contributed by atoms with Gasteiger partial charge in [0.1, 0.15) is 5.60 Å². The van der Waals surface area contributed by atoms with Gasteiger partial charge in [-0.15, -0.1) is 0 Å². The van der Waals surface area contributed by atoms with E-state index in [0.29, 0.717) is 13.0 Å². The fourth-order valence-electron chi connectivity index (χ4n) is 3.75. The van der Waals surface area contributed by atoms with Crippen LogP contribution in [0.5, 0.6) is 0 Å². The molecule has 0 N–H and O–H groups in total. The van der Waals surface area contributed by atoms with E-state index in [1.807, 2.05) is 60.7 Å². The van der Waals surface area contributed by atoms with Crippen LogP contribution >= 0.6 is 0 Å². The fourth-order valence-corrected chi connectivity index (χ4v) is 3.75. The molecule has 1 aliphatic carbocycles. The lowest BCUT2D eigenvalue weighted by Crippen LogP contribution is -2.34. The zero-order valence-electron chi connectivity index (χ0n) is 15.1. The van der Waals surface area contributed by atoms with Gasteiger partial charge in [0.05, 0.1) is 6.61 Å². The average molecular weight is 354 g/mol. The summed E-state index contributed by atoms with van der Waals surface area (Å²) in [6.07, 6.45) is 4.16. The largest absolute Gasteiger partial charge is 0.360 e. The molecule has 0 saturated heterocycles. The number of rotatable bonds is 6. The Morgan fingerprint density at radius 3 is 1.56 bits per heavy atom. The van der Waals surface area contributed by atoms with Crippen LogP contribution in [0.4, 0.5) is 0 Å². The van der Waals surface area contributed by atoms with Crippen molar-refractivity contribution in [3.05, 3.63) is 120 Å². The Balaban J connectivity index is 1.84. The Morgan fingerprint density at radius 1 is 0.741 bits per heavy atom. The molecule has 0 radical (unpaired) electrons. The minimum absolute atomic E-state index is 0.119. The fraction of sp³-hybridized carbons (Fsp3) is 0.160. The number of hydrogen-bond donors (Lipinski definition) is 0. The summed E-state index contributed by atoms with van der Waals surface area (Å²) in [5.74, 6) is 0.293. The molecule has 1 aliphatic rings. The first kappa shape index (κ1) is 17.4. The van der Waals surface area contributed by atoms with Gasteiger partial charge in [0.15, 0.2) is 5.78 Å². The van der Waals surface area contributed by atoms with E-state index in [2.05, 4.69) is 36.4 Å². The molecule has 3 aromatic carbocycles. The van der Waals surface area contributed by atoms with Gasteiger partial charge in [0.2, 0.25) is 0 Å². The second kappa shape index (κ2) is 7.73. The van der Waals surface area contributed by atoms with E-state index in [-0.39, 0.29) is 11.7 Å². The molecule has 2 nitrogen and oxygen atoms in total. The summed E-state index contributed by atoms with van der Waals surface area (Å²) in [6.45, 7) is 0.487. The van der Waals surface area contributed by atoms with Crippen molar-refractivity contribution in [2.24, 2.45) is 5.92 Å². The minimum atomic E-state index is -0.719. The van der Waals surface area contributed by atoms with E-state index in [1.165, 1.54) is 0 Å². The molecule has 0 heterocycles. The van der Waals surface area contributed by atoms with Gasteiger partial charge in [-0.2, -0.15) is 0 Å². The highest BCUT2D eigenvalue weighted by Crippen LogP contribution is 2.41. The monoisotopic (exact) mass is 354 g/mol. The third kappa shape index (κ3) is 3.49. The van der Waals surface area contributed by atoms with Gasteiger partial charge >= 0.3 is 0 Å². The summed E-state index contributed by atoms with van der Waals surface area (Å²) in [5, 5.41) is 0. The molecule has 0 amide bonds. The van der Waals surface area contributed by atoms with Gasteiger partial charge in [-0.3, -0.25) is 4.79 Å². The van der Waals surface area contributed by atoms with Crippen LogP contribution in [0.1, 0.15) is 23.1 Å². The zero-order chi connectivity index (χ0) is 18.5. The highest BCUT2D eigenvalue weighted by molar-refractivity contribution is 5.92. The number of hydrogen-bond acceptors (Lipinski definition) is 2. The van der Waals surface area contributed by atoms with Crippen LogP contribution in [-0.4, -0.2) is 12.4 Å². The minimum Gasteiger partial charge on any atom is -0.360 e. The van der Waals surface area contributed by atoms with Crippen molar-refractivity contribution in [2.45, 2.75) is 12.0 Å². The van der Waals surface area contributed by atoms with Gasteiger partial charge in [0, 0.05) is 12.3 Å². The van der Waals surface area contributed by atoms with E-state index >= 15 is 0 Å². The number of benzene rings is 3. The first-order valence-corrected chi connectivity index (χ1v) is 9.30. The number of ketones is 1. The van der Waals surface area contributed by atoms with E-state index in [4.69, 9.17) is 4.74 Å². The number of carbonyl (C=O) groups excluding carboxylic acids is 1. The third-order valence-corrected chi connectivity index (χ3v) is 5.07. The van der Waals surface area contributed by atoms with Crippen molar-refractivity contribution in [2.75, 3.05) is 6.61 Å². The summed E-state index contributed by atoms with van der Waals surface area (Å²) in [6, 6.07) is 30.9. The van der Waals surface area contributed by atoms with Crippen molar-refractivity contribution in [3.63, 3.8) is 0 Å². The van der Waals surface area contributed by atoms with Crippen LogP contribution in [0.3, 0.4) is 0 Å². The van der Waals surface area contributed by atoms with Crippen LogP contribution in [0, 0.1) is 5.92 Å². The molecule has 0 unspecified atom stereocenters. The van der Waals surface area contributed by atoms with Crippen LogP contribution in [0.25, 0.3) is 0 Å². The lowest BCUT2D eigenvalue weighted by molar-refractivity contribution is -0.115. The summed E-state index contributed by atoms with van der Waals surface area (Å²) < 4.78 is 6.72. The van der Waals surface area contributed by atoms with Gasteiger partial charge in [-0.25, -0.2) is 0 Å². The highest BCUT2D eigenvalue weighted by Gasteiger charge is 2.38. The normalized spacial score (nSPS) is 16.6. The van der Waals surface area contributed by atoms with Crippen LogP contribution in [-0.2, 0) is 15.1 Å². The Morgan fingerprint density at radius 2 is 1.19 bits per heavy atom. The molecule has 0 saturated carbocycles. The van der Waals surface area contributed by atoms with Crippen molar-refractivity contribution in [1.82, 2.24) is 0 Å². The summed E-state index contributed by atoms with van der Waals surface area (Å²) in [7, 11) is 0. The van der Waals surface area contributed by atoms with Crippen molar-refractivity contribution in [3.8, 4) is 0 Å². The highest BCUT2D eigenvalue weighted by atomic mass is 16.5. The first-order valence-electron chi connectivity index (χ1n) is 9.30. The SMILES string of the molecule is O=C1C=C[C@@H](COC(c2ccccc2)(c2ccccc2)c2ccccc2)C1. The molecular formula is C25H22O2. The Hall–Kier alpha value is -2.97.